The fourth-order valence-corrected chi connectivity index (χ4v) is 3.19. The normalized spacial score (nSPS) is 11.1. The van der Waals surface area contributed by atoms with Gasteiger partial charge in [-0.3, -0.25) is 10.1 Å². The van der Waals surface area contributed by atoms with Crippen LogP contribution >= 0.6 is 11.3 Å². The van der Waals surface area contributed by atoms with Crippen LogP contribution in [-0.2, 0) is 0 Å². The predicted molar refractivity (Wildman–Crippen MR) is 101 cm³/mol. The molecule has 0 aliphatic carbocycles. The number of nitro benzene ring substituents is 1. The van der Waals surface area contributed by atoms with Gasteiger partial charge in [0, 0.05) is 17.0 Å². The quantitative estimate of drug-likeness (QED) is 0.355. The third-order valence-electron chi connectivity index (χ3n) is 3.71. The lowest BCUT2D eigenvalue weighted by molar-refractivity contribution is -0.385. The first-order valence-corrected chi connectivity index (χ1v) is 8.56. The second-order valence-corrected chi connectivity index (χ2v) is 6.26. The van der Waals surface area contributed by atoms with E-state index in [0.717, 1.165) is 5.56 Å². The van der Waals surface area contributed by atoms with Gasteiger partial charge in [0.05, 0.1) is 23.3 Å². The summed E-state index contributed by atoms with van der Waals surface area (Å²) in [6.07, 6.45) is 1.53. The van der Waals surface area contributed by atoms with Crippen LogP contribution < -0.4 is 4.74 Å². The molecule has 0 N–H and O–H groups in total. The SMILES string of the molecule is COc1ccc(/C=C(\C#N)c2nc(-c3ccc(F)cc3)cs2)cc1[N+](=O)[O-]. The topological polar surface area (TPSA) is 89.0 Å². The Morgan fingerprint density at radius 2 is 2.07 bits per heavy atom. The van der Waals surface area contributed by atoms with Crippen molar-refractivity contribution in [3.05, 3.63) is 74.3 Å². The monoisotopic (exact) mass is 381 g/mol. The van der Waals surface area contributed by atoms with E-state index in [-0.39, 0.29) is 22.8 Å². The molecule has 0 saturated heterocycles. The first-order chi connectivity index (χ1) is 13.0. The molecule has 2 aromatic carbocycles. The molecule has 27 heavy (non-hydrogen) atoms. The average molecular weight is 381 g/mol. The van der Waals surface area contributed by atoms with E-state index in [1.807, 2.05) is 0 Å². The molecule has 3 aromatic rings. The van der Waals surface area contributed by atoms with Crippen molar-refractivity contribution in [3.8, 4) is 23.1 Å². The highest BCUT2D eigenvalue weighted by atomic mass is 32.1. The van der Waals surface area contributed by atoms with Gasteiger partial charge in [-0.25, -0.2) is 9.37 Å². The highest BCUT2D eigenvalue weighted by molar-refractivity contribution is 7.11. The molecule has 1 heterocycles. The standard InChI is InChI=1S/C19H12FN3O3S/c1-26-18-7-2-12(9-17(18)23(24)25)8-14(10-21)19-22-16(11-27-19)13-3-5-15(20)6-4-13/h2-9,11H,1H3/b14-8+. The van der Waals surface area contributed by atoms with E-state index in [2.05, 4.69) is 11.1 Å². The van der Waals surface area contributed by atoms with Gasteiger partial charge in [-0.05, 0) is 42.0 Å². The van der Waals surface area contributed by atoms with Gasteiger partial charge in [-0.15, -0.1) is 11.3 Å². The number of thiazole rings is 1. The van der Waals surface area contributed by atoms with Crippen molar-refractivity contribution in [2.24, 2.45) is 0 Å². The molecule has 0 saturated carbocycles. The van der Waals surface area contributed by atoms with Gasteiger partial charge in [0.25, 0.3) is 0 Å². The molecule has 0 aliphatic rings. The summed E-state index contributed by atoms with van der Waals surface area (Å²) in [7, 11) is 1.35. The van der Waals surface area contributed by atoms with Crippen molar-refractivity contribution in [2.75, 3.05) is 7.11 Å². The summed E-state index contributed by atoms with van der Waals surface area (Å²) in [4.78, 5) is 15.0. The van der Waals surface area contributed by atoms with Crippen molar-refractivity contribution >= 4 is 28.7 Å². The largest absolute Gasteiger partial charge is 0.490 e. The Morgan fingerprint density at radius 1 is 1.33 bits per heavy atom. The Kier molecular flexibility index (Phi) is 5.24. The van der Waals surface area contributed by atoms with Crippen LogP contribution in [0.15, 0.2) is 47.8 Å². The molecule has 0 aliphatic heterocycles. The van der Waals surface area contributed by atoms with Crippen molar-refractivity contribution in [2.45, 2.75) is 0 Å². The number of benzene rings is 2. The van der Waals surface area contributed by atoms with Crippen LogP contribution in [0.25, 0.3) is 22.9 Å². The molecular weight excluding hydrogens is 369 g/mol. The van der Waals surface area contributed by atoms with Crippen LogP contribution in [0.5, 0.6) is 5.75 Å². The molecule has 0 radical (unpaired) electrons. The lowest BCUT2D eigenvalue weighted by Crippen LogP contribution is -1.94. The fraction of sp³-hybridized carbons (Fsp3) is 0.0526. The Bertz CT molecular complexity index is 1070. The smallest absolute Gasteiger partial charge is 0.311 e. The van der Waals surface area contributed by atoms with Crippen LogP contribution in [0.2, 0.25) is 0 Å². The van der Waals surface area contributed by atoms with Crippen LogP contribution in [0.4, 0.5) is 10.1 Å². The Morgan fingerprint density at radius 3 is 2.70 bits per heavy atom. The van der Waals surface area contributed by atoms with Gasteiger partial charge in [-0.1, -0.05) is 6.07 Å². The molecular formula is C19H12FN3O3S. The summed E-state index contributed by atoms with van der Waals surface area (Å²) < 4.78 is 18.0. The number of nitro groups is 1. The maximum Gasteiger partial charge on any atom is 0.311 e. The minimum absolute atomic E-state index is 0.142. The molecule has 134 valence electrons. The van der Waals surface area contributed by atoms with Gasteiger partial charge in [0.15, 0.2) is 5.75 Å². The number of rotatable bonds is 5. The Hall–Kier alpha value is -3.57. The third kappa shape index (κ3) is 3.99. The minimum atomic E-state index is -0.543. The van der Waals surface area contributed by atoms with Crippen molar-refractivity contribution < 1.29 is 14.1 Å². The number of allylic oxidation sites excluding steroid dienone is 1. The number of hydrogen-bond donors (Lipinski definition) is 0. The zero-order chi connectivity index (χ0) is 19.4. The van der Waals surface area contributed by atoms with E-state index in [9.17, 15) is 19.8 Å². The first kappa shape index (κ1) is 18.2. The van der Waals surface area contributed by atoms with E-state index < -0.39 is 4.92 Å². The van der Waals surface area contributed by atoms with Crippen molar-refractivity contribution in [1.29, 1.82) is 5.26 Å². The maximum atomic E-state index is 13.0. The summed E-state index contributed by atoms with van der Waals surface area (Å²) in [5, 5.41) is 22.9. The zero-order valence-electron chi connectivity index (χ0n) is 14.0. The summed E-state index contributed by atoms with van der Waals surface area (Å²) in [5.41, 5.74) is 1.92. The van der Waals surface area contributed by atoms with E-state index in [0.29, 0.717) is 16.3 Å². The minimum Gasteiger partial charge on any atom is -0.490 e. The molecule has 0 unspecified atom stereocenters. The second kappa shape index (κ2) is 7.76. The average Bonchev–Trinajstić information content (AvgIpc) is 3.16. The van der Waals surface area contributed by atoms with Gasteiger partial charge >= 0.3 is 5.69 Å². The number of aromatic nitrogens is 1. The highest BCUT2D eigenvalue weighted by Crippen LogP contribution is 2.31. The van der Waals surface area contributed by atoms with Gasteiger partial charge in [0.1, 0.15) is 16.9 Å². The number of nitriles is 1. The molecule has 8 heteroatoms. The Labute approximate surface area is 158 Å². The molecule has 3 rings (SSSR count). The number of ether oxygens (including phenoxy) is 1. The van der Waals surface area contributed by atoms with E-state index in [1.54, 1.807) is 23.6 Å². The van der Waals surface area contributed by atoms with Crippen molar-refractivity contribution in [3.63, 3.8) is 0 Å². The Balaban J connectivity index is 1.96. The van der Waals surface area contributed by atoms with Crippen LogP contribution in [0.1, 0.15) is 10.6 Å². The van der Waals surface area contributed by atoms with Gasteiger partial charge < -0.3 is 4.74 Å². The lowest BCUT2D eigenvalue weighted by Gasteiger charge is -2.02. The molecule has 0 amide bonds. The van der Waals surface area contributed by atoms with E-state index in [1.165, 1.54) is 48.8 Å². The first-order valence-electron chi connectivity index (χ1n) is 7.68. The molecule has 1 aromatic heterocycles. The van der Waals surface area contributed by atoms with Crippen LogP contribution in [0.3, 0.4) is 0 Å². The molecule has 6 nitrogen and oxygen atoms in total. The summed E-state index contributed by atoms with van der Waals surface area (Å²) >= 11 is 1.26. The number of halogens is 1. The zero-order valence-corrected chi connectivity index (χ0v) is 14.9. The van der Waals surface area contributed by atoms with Crippen molar-refractivity contribution in [1.82, 2.24) is 4.98 Å². The second-order valence-electron chi connectivity index (χ2n) is 5.40. The lowest BCUT2D eigenvalue weighted by atomic mass is 10.1. The van der Waals surface area contributed by atoms with E-state index >= 15 is 0 Å². The maximum absolute atomic E-state index is 13.0. The van der Waals surface area contributed by atoms with Gasteiger partial charge in [0.2, 0.25) is 0 Å². The van der Waals surface area contributed by atoms with Crippen LogP contribution in [0, 0.1) is 27.3 Å². The molecule has 0 spiro atoms. The third-order valence-corrected chi connectivity index (χ3v) is 4.58. The van der Waals surface area contributed by atoms with Gasteiger partial charge in [-0.2, -0.15) is 5.26 Å². The highest BCUT2D eigenvalue weighted by Gasteiger charge is 2.15. The number of hydrogen-bond acceptors (Lipinski definition) is 6. The predicted octanol–water partition coefficient (Wildman–Crippen LogP) is 4.93. The van der Waals surface area contributed by atoms with E-state index in [4.69, 9.17) is 4.74 Å². The fourth-order valence-electron chi connectivity index (χ4n) is 2.40. The summed E-state index contributed by atoms with van der Waals surface area (Å²) in [6, 6.07) is 12.4. The summed E-state index contributed by atoms with van der Waals surface area (Å²) in [5.74, 6) is -0.198. The molecule has 0 atom stereocenters. The van der Waals surface area contributed by atoms with Crippen LogP contribution in [-0.4, -0.2) is 17.0 Å². The molecule has 0 bridgehead atoms. The number of methoxy groups -OCH3 is 1. The number of nitrogens with zero attached hydrogens (tertiary/aromatic N) is 3. The molecule has 0 fully saturated rings. The summed E-state index contributed by atoms with van der Waals surface area (Å²) in [6.45, 7) is 0.